The first-order chi connectivity index (χ1) is 4.76. The van der Waals surface area contributed by atoms with E-state index in [1.54, 1.807) is 14.1 Å². The summed E-state index contributed by atoms with van der Waals surface area (Å²) < 4.78 is 0. The highest BCUT2D eigenvalue weighted by Gasteiger charge is 2.12. The predicted octanol–water partition coefficient (Wildman–Crippen LogP) is -0.863. The van der Waals surface area contributed by atoms with Crippen LogP contribution in [0.2, 0.25) is 0 Å². The molecule has 10 heavy (non-hydrogen) atoms. The fourth-order valence-corrected chi connectivity index (χ4v) is 1.07. The van der Waals surface area contributed by atoms with Crippen LogP contribution in [0.15, 0.2) is 0 Å². The molecule has 2 N–H and O–H groups in total. The quantitative estimate of drug-likeness (QED) is 0.523. The molecule has 0 saturated heterocycles. The van der Waals surface area contributed by atoms with E-state index >= 15 is 0 Å². The molecule has 5 heteroatoms. The van der Waals surface area contributed by atoms with Crippen molar-refractivity contribution in [3.05, 3.63) is 0 Å². The van der Waals surface area contributed by atoms with Crippen LogP contribution >= 0.6 is 11.6 Å². The summed E-state index contributed by atoms with van der Waals surface area (Å²) in [4.78, 5) is 10.9. The van der Waals surface area contributed by atoms with Crippen molar-refractivity contribution in [1.82, 2.24) is 10.6 Å². The van der Waals surface area contributed by atoms with Gasteiger partial charge in [0, 0.05) is 12.8 Å². The van der Waals surface area contributed by atoms with Crippen LogP contribution < -0.4 is 10.6 Å². The second-order valence-electron chi connectivity index (χ2n) is 1.79. The first-order valence-electron chi connectivity index (χ1n) is 2.96. The van der Waals surface area contributed by atoms with E-state index in [0.717, 1.165) is 11.6 Å². The average molecular weight is 158 g/mol. The van der Waals surface area contributed by atoms with E-state index < -0.39 is 0 Å². The minimum Gasteiger partial charge on any atom is -0.358 e. The minimum atomic E-state index is -0.181. The lowest BCUT2D eigenvalue weighted by atomic mass is 10.3. The van der Waals surface area contributed by atoms with Crippen molar-refractivity contribution in [2.75, 3.05) is 19.8 Å². The Labute approximate surface area is 66.6 Å². The first-order valence-corrected chi connectivity index (χ1v) is 4.01. The SMILES string of the molecule is [B]SCC(NC)C(=O)NC. The topological polar surface area (TPSA) is 41.1 Å². The summed E-state index contributed by atoms with van der Waals surface area (Å²) in [6, 6.07) is -0.181. The predicted molar refractivity (Wildman–Crippen MR) is 45.1 cm³/mol. The van der Waals surface area contributed by atoms with Crippen LogP contribution in [0.4, 0.5) is 0 Å². The number of carbonyl (C=O) groups is 1. The largest absolute Gasteiger partial charge is 0.358 e. The number of rotatable bonds is 4. The lowest BCUT2D eigenvalue weighted by molar-refractivity contribution is -0.121. The number of carbonyl (C=O) groups excluding carboxylic acids is 1. The average Bonchev–Trinajstić information content (AvgIpc) is 1.99. The summed E-state index contributed by atoms with van der Waals surface area (Å²) in [5.74, 6) is 0.566. The van der Waals surface area contributed by atoms with E-state index in [-0.39, 0.29) is 11.9 Å². The van der Waals surface area contributed by atoms with Gasteiger partial charge in [-0.2, -0.15) is 0 Å². The molecule has 0 saturated carbocycles. The molecular weight excluding hydrogens is 147 g/mol. The Morgan fingerprint density at radius 3 is 2.60 bits per heavy atom. The van der Waals surface area contributed by atoms with Gasteiger partial charge in [-0.25, -0.2) is 11.6 Å². The molecule has 0 aromatic heterocycles. The number of hydrogen-bond donors (Lipinski definition) is 2. The van der Waals surface area contributed by atoms with Crippen LogP contribution in [-0.2, 0) is 4.79 Å². The molecule has 2 radical (unpaired) electrons. The molecule has 0 fully saturated rings. The molecule has 0 bridgehead atoms. The Hall–Kier alpha value is -0.155. The van der Waals surface area contributed by atoms with Gasteiger partial charge < -0.3 is 10.6 Å². The lowest BCUT2D eigenvalue weighted by Crippen LogP contribution is -2.42. The van der Waals surface area contributed by atoms with Crippen molar-refractivity contribution in [3.63, 3.8) is 0 Å². The van der Waals surface area contributed by atoms with Crippen LogP contribution in [-0.4, -0.2) is 38.9 Å². The molecule has 0 aliphatic rings. The Morgan fingerprint density at radius 1 is 1.70 bits per heavy atom. The minimum absolute atomic E-state index is 0.0274. The van der Waals surface area contributed by atoms with Crippen molar-refractivity contribution < 1.29 is 4.79 Å². The molecule has 1 unspecified atom stereocenters. The Balaban J connectivity index is 3.68. The fraction of sp³-hybridized carbons (Fsp3) is 0.800. The second-order valence-corrected chi connectivity index (χ2v) is 2.46. The van der Waals surface area contributed by atoms with Gasteiger partial charge in [0.2, 0.25) is 5.91 Å². The molecule has 1 amide bonds. The summed E-state index contributed by atoms with van der Waals surface area (Å²) in [5, 5.41) is 5.37. The maximum absolute atomic E-state index is 10.9. The van der Waals surface area contributed by atoms with Crippen molar-refractivity contribution in [3.8, 4) is 0 Å². The van der Waals surface area contributed by atoms with Crippen LogP contribution in [0, 0.1) is 0 Å². The zero-order valence-electron chi connectivity index (χ0n) is 6.18. The maximum atomic E-state index is 10.9. The van der Waals surface area contributed by atoms with Gasteiger partial charge in [0.1, 0.15) is 0 Å². The van der Waals surface area contributed by atoms with Crippen LogP contribution in [0.5, 0.6) is 0 Å². The molecule has 3 nitrogen and oxygen atoms in total. The zero-order valence-corrected chi connectivity index (χ0v) is 6.99. The van der Waals surface area contributed by atoms with E-state index in [1.807, 2.05) is 0 Å². The van der Waals surface area contributed by atoms with E-state index in [1.165, 1.54) is 0 Å². The molecule has 56 valence electrons. The molecule has 0 rings (SSSR count). The van der Waals surface area contributed by atoms with Crippen molar-refractivity contribution in [1.29, 1.82) is 0 Å². The van der Waals surface area contributed by atoms with E-state index in [2.05, 4.69) is 10.6 Å². The van der Waals surface area contributed by atoms with Crippen molar-refractivity contribution >= 4 is 24.6 Å². The second kappa shape index (κ2) is 5.62. The van der Waals surface area contributed by atoms with Crippen molar-refractivity contribution in [2.45, 2.75) is 6.04 Å². The summed E-state index contributed by atoms with van der Waals surface area (Å²) in [6.07, 6.45) is 0. The third-order valence-electron chi connectivity index (χ3n) is 1.17. The number of nitrogens with one attached hydrogen (secondary N) is 2. The Kier molecular flexibility index (Phi) is 5.53. The van der Waals surface area contributed by atoms with Gasteiger partial charge in [-0.1, -0.05) is 0 Å². The monoisotopic (exact) mass is 158 g/mol. The standard InChI is InChI=1S/C5H11BN2OS/c1-7-4(3-10-6)5(9)8-2/h4,7H,3H2,1-2H3,(H,8,9). The molecule has 0 aliphatic carbocycles. The number of amides is 1. The number of hydrogen-bond acceptors (Lipinski definition) is 3. The molecule has 0 aromatic carbocycles. The van der Waals surface area contributed by atoms with E-state index in [4.69, 9.17) is 7.12 Å². The summed E-state index contributed by atoms with van der Waals surface area (Å²) in [6.45, 7) is 0. The fourth-order valence-electron chi connectivity index (χ4n) is 0.561. The van der Waals surface area contributed by atoms with Crippen LogP contribution in [0.3, 0.4) is 0 Å². The lowest BCUT2D eigenvalue weighted by Gasteiger charge is -2.12. The zero-order chi connectivity index (χ0) is 7.98. The van der Waals surface area contributed by atoms with Gasteiger partial charge in [0.05, 0.1) is 6.04 Å². The van der Waals surface area contributed by atoms with Crippen LogP contribution in [0.25, 0.3) is 0 Å². The Bertz CT molecular complexity index is 112. The molecule has 0 heterocycles. The summed E-state index contributed by atoms with van der Waals surface area (Å²) >= 11 is 1.15. The third kappa shape index (κ3) is 3.13. The smallest absolute Gasteiger partial charge is 0.237 e. The highest BCUT2D eigenvalue weighted by atomic mass is 32.2. The van der Waals surface area contributed by atoms with Crippen molar-refractivity contribution in [2.24, 2.45) is 0 Å². The molecule has 0 aliphatic heterocycles. The number of likely N-dealkylation sites (N-methyl/N-ethyl adjacent to an activating group) is 2. The normalized spacial score (nSPS) is 12.6. The maximum Gasteiger partial charge on any atom is 0.237 e. The molecule has 1 atom stereocenters. The van der Waals surface area contributed by atoms with Gasteiger partial charge in [0.25, 0.3) is 0 Å². The summed E-state index contributed by atoms with van der Waals surface area (Å²) in [7, 11) is 8.53. The Morgan fingerprint density at radius 2 is 2.30 bits per heavy atom. The van der Waals surface area contributed by atoms with E-state index in [9.17, 15) is 4.79 Å². The van der Waals surface area contributed by atoms with Gasteiger partial charge in [0.15, 0.2) is 7.12 Å². The van der Waals surface area contributed by atoms with Gasteiger partial charge >= 0.3 is 0 Å². The summed E-state index contributed by atoms with van der Waals surface area (Å²) in [5.41, 5.74) is 0. The molecular formula is C5H11BN2OS. The highest BCUT2D eigenvalue weighted by Crippen LogP contribution is 1.94. The molecule has 0 aromatic rings. The van der Waals surface area contributed by atoms with Gasteiger partial charge in [-0.05, 0) is 7.05 Å². The van der Waals surface area contributed by atoms with Gasteiger partial charge in [-0.15, -0.1) is 0 Å². The third-order valence-corrected chi connectivity index (χ3v) is 1.70. The van der Waals surface area contributed by atoms with Crippen LogP contribution in [0.1, 0.15) is 0 Å². The van der Waals surface area contributed by atoms with E-state index in [0.29, 0.717) is 5.75 Å². The highest BCUT2D eigenvalue weighted by molar-refractivity contribution is 8.19. The molecule has 0 spiro atoms. The first kappa shape index (κ1) is 9.84. The van der Waals surface area contributed by atoms with Gasteiger partial charge in [-0.3, -0.25) is 4.79 Å².